The first-order valence-electron chi connectivity index (χ1n) is 10.5. The van der Waals surface area contributed by atoms with Crippen molar-refractivity contribution in [3.8, 4) is 0 Å². The minimum atomic E-state index is -0.547. The number of amides is 2. The third kappa shape index (κ3) is 5.45. The predicted molar refractivity (Wildman–Crippen MR) is 110 cm³/mol. The summed E-state index contributed by atoms with van der Waals surface area (Å²) in [7, 11) is 0. The lowest BCUT2D eigenvalue weighted by molar-refractivity contribution is -0.123. The summed E-state index contributed by atoms with van der Waals surface area (Å²) in [5.74, 6) is 0.553. The number of hydrogen-bond acceptors (Lipinski definition) is 6. The van der Waals surface area contributed by atoms with E-state index in [2.05, 4.69) is 10.6 Å². The van der Waals surface area contributed by atoms with Gasteiger partial charge in [0.1, 0.15) is 11.3 Å². The summed E-state index contributed by atoms with van der Waals surface area (Å²) in [6, 6.07) is 1.96. The Morgan fingerprint density at radius 2 is 2.00 bits per heavy atom. The van der Waals surface area contributed by atoms with Gasteiger partial charge < -0.3 is 20.0 Å². The zero-order valence-electron chi connectivity index (χ0n) is 17.6. The summed E-state index contributed by atoms with van der Waals surface area (Å²) in [5.41, 5.74) is 0.253. The number of nitrogens with one attached hydrogen (secondary N) is 2. The fourth-order valence-electron chi connectivity index (χ4n) is 4.02. The van der Waals surface area contributed by atoms with E-state index in [9.17, 15) is 14.4 Å². The molecule has 1 unspecified atom stereocenters. The van der Waals surface area contributed by atoms with Crippen LogP contribution in [0.2, 0.25) is 0 Å². The smallest absolute Gasteiger partial charge is 0.349 e. The molecule has 0 aliphatic carbocycles. The van der Waals surface area contributed by atoms with Crippen molar-refractivity contribution in [2.24, 2.45) is 0 Å². The molecule has 29 heavy (non-hydrogen) atoms. The Morgan fingerprint density at radius 1 is 1.28 bits per heavy atom. The van der Waals surface area contributed by atoms with Crippen molar-refractivity contribution in [2.75, 3.05) is 45.8 Å². The van der Waals surface area contributed by atoms with Gasteiger partial charge in [-0.1, -0.05) is 0 Å². The summed E-state index contributed by atoms with van der Waals surface area (Å²) < 4.78 is 5.54. The second-order valence-electron chi connectivity index (χ2n) is 8.33. The van der Waals surface area contributed by atoms with Crippen molar-refractivity contribution in [3.63, 3.8) is 0 Å². The van der Waals surface area contributed by atoms with E-state index in [1.54, 1.807) is 11.8 Å². The summed E-state index contributed by atoms with van der Waals surface area (Å²) >= 11 is 0. The van der Waals surface area contributed by atoms with Gasteiger partial charge >= 0.3 is 5.63 Å². The lowest BCUT2D eigenvalue weighted by atomic mass is 9.95. The van der Waals surface area contributed by atoms with Crippen LogP contribution in [0.5, 0.6) is 0 Å². The number of piperazine rings is 1. The molecule has 2 aliphatic rings. The van der Waals surface area contributed by atoms with E-state index in [0.29, 0.717) is 44.0 Å². The lowest BCUT2D eigenvalue weighted by Gasteiger charge is -2.34. The quantitative estimate of drug-likeness (QED) is 0.750. The highest BCUT2D eigenvalue weighted by molar-refractivity contribution is 5.95. The molecular weight excluding hydrogens is 372 g/mol. The van der Waals surface area contributed by atoms with Crippen molar-refractivity contribution in [2.45, 2.75) is 45.6 Å². The van der Waals surface area contributed by atoms with E-state index in [1.165, 1.54) is 0 Å². The molecule has 160 valence electrons. The number of carbonyl (C=O) groups is 2. The normalized spacial score (nSPS) is 20.7. The molecule has 2 amide bonds. The SMILES string of the molecule is Cc1cc(C2CCCNC2)oc(=O)c1C(=O)N1CCN(CC(=O)NC(C)C)CC1. The maximum atomic E-state index is 13.0. The molecule has 8 nitrogen and oxygen atoms in total. The predicted octanol–water partition coefficient (Wildman–Crippen LogP) is 0.698. The third-order valence-electron chi connectivity index (χ3n) is 5.56. The minimum Gasteiger partial charge on any atom is -0.427 e. The zero-order valence-corrected chi connectivity index (χ0v) is 17.6. The second-order valence-corrected chi connectivity index (χ2v) is 8.33. The average molecular weight is 405 g/mol. The Balaban J connectivity index is 1.62. The van der Waals surface area contributed by atoms with Crippen molar-refractivity contribution < 1.29 is 14.0 Å². The van der Waals surface area contributed by atoms with E-state index >= 15 is 0 Å². The Kier molecular flexibility index (Phi) is 7.08. The van der Waals surface area contributed by atoms with Crippen LogP contribution in [0, 0.1) is 6.92 Å². The molecule has 2 saturated heterocycles. The van der Waals surface area contributed by atoms with Crippen LogP contribution in [0.1, 0.15) is 54.3 Å². The van der Waals surface area contributed by atoms with Crippen molar-refractivity contribution >= 4 is 11.8 Å². The molecule has 2 fully saturated rings. The van der Waals surface area contributed by atoms with Gasteiger partial charge in [0, 0.05) is 44.7 Å². The molecule has 1 aromatic rings. The van der Waals surface area contributed by atoms with Crippen LogP contribution in [0.25, 0.3) is 0 Å². The number of carbonyl (C=O) groups excluding carboxylic acids is 2. The Labute approximate surface area is 171 Å². The van der Waals surface area contributed by atoms with Gasteiger partial charge in [-0.15, -0.1) is 0 Å². The molecule has 8 heteroatoms. The molecule has 3 rings (SSSR count). The molecule has 0 spiro atoms. The van der Waals surface area contributed by atoms with E-state index in [4.69, 9.17) is 4.42 Å². The summed E-state index contributed by atoms with van der Waals surface area (Å²) in [6.45, 7) is 9.95. The highest BCUT2D eigenvalue weighted by Gasteiger charge is 2.28. The molecular formula is C21H32N4O4. The van der Waals surface area contributed by atoms with Crippen LogP contribution in [0.15, 0.2) is 15.3 Å². The van der Waals surface area contributed by atoms with Gasteiger partial charge in [-0.25, -0.2) is 4.79 Å². The van der Waals surface area contributed by atoms with Gasteiger partial charge in [-0.3, -0.25) is 14.5 Å². The summed E-state index contributed by atoms with van der Waals surface area (Å²) in [5, 5.41) is 6.20. The zero-order chi connectivity index (χ0) is 21.0. The highest BCUT2D eigenvalue weighted by Crippen LogP contribution is 2.24. The fraction of sp³-hybridized carbons (Fsp3) is 0.667. The van der Waals surface area contributed by atoms with Crippen LogP contribution in [0.4, 0.5) is 0 Å². The molecule has 0 bridgehead atoms. The Bertz CT molecular complexity index is 790. The first kappa shape index (κ1) is 21.5. The Hall–Kier alpha value is -2.19. The third-order valence-corrected chi connectivity index (χ3v) is 5.56. The molecule has 0 radical (unpaired) electrons. The minimum absolute atomic E-state index is 0.0101. The molecule has 0 saturated carbocycles. The van der Waals surface area contributed by atoms with Crippen LogP contribution < -0.4 is 16.3 Å². The topological polar surface area (TPSA) is 94.9 Å². The number of rotatable bonds is 5. The first-order valence-corrected chi connectivity index (χ1v) is 10.5. The summed E-state index contributed by atoms with van der Waals surface area (Å²) in [6.07, 6.45) is 2.03. The van der Waals surface area contributed by atoms with Gasteiger partial charge in [-0.2, -0.15) is 0 Å². The van der Waals surface area contributed by atoms with Crippen molar-refractivity contribution in [3.05, 3.63) is 33.4 Å². The average Bonchev–Trinajstić information content (AvgIpc) is 2.68. The number of hydrogen-bond donors (Lipinski definition) is 2. The maximum absolute atomic E-state index is 13.0. The van der Waals surface area contributed by atoms with E-state index < -0.39 is 5.63 Å². The highest BCUT2D eigenvalue weighted by atomic mass is 16.4. The standard InChI is InChI=1S/C21H32N4O4/c1-14(2)23-18(26)13-24-7-9-25(10-8-24)20(27)19-15(3)11-17(29-21(19)28)16-5-4-6-22-12-16/h11,14,16,22H,4-10,12-13H2,1-3H3,(H,23,26). The van der Waals surface area contributed by atoms with E-state index in [-0.39, 0.29) is 29.3 Å². The van der Waals surface area contributed by atoms with Crippen LogP contribution in [-0.2, 0) is 4.79 Å². The van der Waals surface area contributed by atoms with Crippen LogP contribution >= 0.6 is 0 Å². The Morgan fingerprint density at radius 3 is 2.59 bits per heavy atom. The molecule has 2 aliphatic heterocycles. The molecule has 1 aromatic heterocycles. The van der Waals surface area contributed by atoms with Gasteiger partial charge in [-0.05, 0) is 51.8 Å². The largest absolute Gasteiger partial charge is 0.427 e. The number of nitrogens with zero attached hydrogens (tertiary/aromatic N) is 2. The molecule has 2 N–H and O–H groups in total. The van der Waals surface area contributed by atoms with Gasteiger partial charge in [0.25, 0.3) is 5.91 Å². The number of piperidine rings is 1. The van der Waals surface area contributed by atoms with Crippen LogP contribution in [-0.4, -0.2) is 73.5 Å². The lowest BCUT2D eigenvalue weighted by Crippen LogP contribution is -2.52. The maximum Gasteiger partial charge on any atom is 0.349 e. The van der Waals surface area contributed by atoms with Crippen molar-refractivity contribution in [1.29, 1.82) is 0 Å². The van der Waals surface area contributed by atoms with Crippen molar-refractivity contribution in [1.82, 2.24) is 20.4 Å². The van der Waals surface area contributed by atoms with E-state index in [0.717, 1.165) is 25.9 Å². The molecule has 0 aromatic carbocycles. The van der Waals surface area contributed by atoms with Gasteiger partial charge in [0.2, 0.25) is 5.91 Å². The fourth-order valence-corrected chi connectivity index (χ4v) is 4.02. The molecule has 3 heterocycles. The van der Waals surface area contributed by atoms with Gasteiger partial charge in [0.05, 0.1) is 6.54 Å². The van der Waals surface area contributed by atoms with E-state index in [1.807, 2.05) is 24.8 Å². The van der Waals surface area contributed by atoms with Crippen LogP contribution in [0.3, 0.4) is 0 Å². The second kappa shape index (κ2) is 9.54. The summed E-state index contributed by atoms with van der Waals surface area (Å²) in [4.78, 5) is 41.2. The monoisotopic (exact) mass is 404 g/mol. The van der Waals surface area contributed by atoms with Gasteiger partial charge in [0.15, 0.2) is 0 Å². The number of aryl methyl sites for hydroxylation is 1. The molecule has 1 atom stereocenters. The first-order chi connectivity index (χ1) is 13.8.